The van der Waals surface area contributed by atoms with Crippen molar-refractivity contribution >= 4 is 0 Å². The highest BCUT2D eigenvalue weighted by molar-refractivity contribution is 4.78. The van der Waals surface area contributed by atoms with Gasteiger partial charge in [0.25, 0.3) is 0 Å². The van der Waals surface area contributed by atoms with Gasteiger partial charge in [-0.1, -0.05) is 51.9 Å². The van der Waals surface area contributed by atoms with Crippen LogP contribution in [0.4, 0.5) is 0 Å². The Hall–Kier alpha value is 0. The van der Waals surface area contributed by atoms with Gasteiger partial charge in [0.1, 0.15) is 0 Å². The van der Waals surface area contributed by atoms with Crippen LogP contribution in [0.2, 0.25) is 0 Å². The van der Waals surface area contributed by atoms with Gasteiger partial charge in [-0.2, -0.15) is 0 Å². The van der Waals surface area contributed by atoms with Gasteiger partial charge in [-0.05, 0) is 24.2 Å². The zero-order chi connectivity index (χ0) is 8.39. The van der Waals surface area contributed by atoms with Crippen LogP contribution in [0.1, 0.15) is 58.3 Å². The Labute approximate surface area is 76.7 Å². The maximum atomic E-state index is 2.46. The molecule has 2 atom stereocenters. The van der Waals surface area contributed by atoms with Gasteiger partial charge in [-0.3, -0.25) is 0 Å². The summed E-state index contributed by atoms with van der Waals surface area (Å²) in [5.41, 5.74) is 0. The average Bonchev–Trinajstić information content (AvgIpc) is 2.65. The average molecular weight is 166 g/mol. The minimum absolute atomic E-state index is 1.05. The predicted molar refractivity (Wildman–Crippen MR) is 53.1 cm³/mol. The molecule has 0 spiro atoms. The third-order valence-electron chi connectivity index (χ3n) is 4.15. The second-order valence-electron chi connectivity index (χ2n) is 5.05. The molecule has 0 aromatic carbocycles. The quantitative estimate of drug-likeness (QED) is 0.581. The molecular weight excluding hydrogens is 144 g/mol. The van der Waals surface area contributed by atoms with E-state index < -0.39 is 0 Å². The van der Waals surface area contributed by atoms with Crippen molar-refractivity contribution in [3.63, 3.8) is 0 Å². The van der Waals surface area contributed by atoms with Gasteiger partial charge < -0.3 is 0 Å². The van der Waals surface area contributed by atoms with E-state index in [2.05, 4.69) is 6.92 Å². The molecule has 0 N–H and O–H groups in total. The normalized spacial score (nSPS) is 37.8. The molecule has 0 nitrogen and oxygen atoms in total. The van der Waals surface area contributed by atoms with E-state index in [1.807, 2.05) is 0 Å². The maximum Gasteiger partial charge on any atom is -0.0386 e. The molecule has 0 unspecified atom stereocenters. The minimum Gasteiger partial charge on any atom is -0.0622 e. The maximum absolute atomic E-state index is 2.46. The Balaban J connectivity index is 1.77. The molecule has 0 aliphatic heterocycles. The van der Waals surface area contributed by atoms with Gasteiger partial charge >= 0.3 is 0 Å². The molecule has 12 heavy (non-hydrogen) atoms. The lowest BCUT2D eigenvalue weighted by atomic mass is 9.87. The Morgan fingerprint density at radius 2 is 1.67 bits per heavy atom. The van der Waals surface area contributed by atoms with Crippen LogP contribution in [-0.2, 0) is 0 Å². The van der Waals surface area contributed by atoms with Crippen LogP contribution in [0.3, 0.4) is 0 Å². The molecule has 70 valence electrons. The van der Waals surface area contributed by atoms with Gasteiger partial charge in [-0.15, -0.1) is 0 Å². The molecule has 0 saturated heterocycles. The Kier molecular flexibility index (Phi) is 2.73. The fourth-order valence-electron chi connectivity index (χ4n) is 3.25. The molecule has 0 radical (unpaired) electrons. The van der Waals surface area contributed by atoms with Gasteiger partial charge in [0.2, 0.25) is 0 Å². The van der Waals surface area contributed by atoms with E-state index in [1.54, 1.807) is 19.3 Å². The highest BCUT2D eigenvalue weighted by Gasteiger charge is 2.27. The predicted octanol–water partition coefficient (Wildman–Crippen LogP) is 4.00. The molecular formula is C12H22. The smallest absolute Gasteiger partial charge is 0.0386 e. The first-order valence-corrected chi connectivity index (χ1v) is 5.86. The van der Waals surface area contributed by atoms with Crippen LogP contribution in [0, 0.1) is 17.8 Å². The molecule has 0 heterocycles. The van der Waals surface area contributed by atoms with Crippen molar-refractivity contribution in [3.8, 4) is 0 Å². The largest absolute Gasteiger partial charge is 0.0622 e. The summed E-state index contributed by atoms with van der Waals surface area (Å²) in [5, 5.41) is 0. The fourth-order valence-corrected chi connectivity index (χ4v) is 3.25. The summed E-state index contributed by atoms with van der Waals surface area (Å²) in [5.74, 6) is 3.27. The van der Waals surface area contributed by atoms with Crippen LogP contribution in [0.25, 0.3) is 0 Å². The van der Waals surface area contributed by atoms with Crippen molar-refractivity contribution in [2.45, 2.75) is 58.3 Å². The summed E-state index contributed by atoms with van der Waals surface area (Å²) >= 11 is 0. The van der Waals surface area contributed by atoms with Crippen LogP contribution < -0.4 is 0 Å². The van der Waals surface area contributed by atoms with E-state index in [0.717, 1.165) is 17.8 Å². The highest BCUT2D eigenvalue weighted by atomic mass is 14.3. The van der Waals surface area contributed by atoms with Crippen LogP contribution in [0.5, 0.6) is 0 Å². The first-order valence-electron chi connectivity index (χ1n) is 5.86. The van der Waals surface area contributed by atoms with E-state index in [0.29, 0.717) is 0 Å². The van der Waals surface area contributed by atoms with Gasteiger partial charge in [0.15, 0.2) is 0 Å². The monoisotopic (exact) mass is 166 g/mol. The molecule has 2 fully saturated rings. The van der Waals surface area contributed by atoms with Crippen molar-refractivity contribution in [1.82, 2.24) is 0 Å². The van der Waals surface area contributed by atoms with Crippen molar-refractivity contribution in [3.05, 3.63) is 0 Å². The number of rotatable bonds is 2. The third kappa shape index (κ3) is 1.84. The first-order chi connectivity index (χ1) is 5.86. The molecule has 0 aromatic heterocycles. The minimum atomic E-state index is 1.05. The summed E-state index contributed by atoms with van der Waals surface area (Å²) in [6, 6.07) is 0. The Morgan fingerprint density at radius 1 is 0.917 bits per heavy atom. The van der Waals surface area contributed by atoms with Gasteiger partial charge in [0.05, 0.1) is 0 Å². The standard InChI is InChI=1S/C12H22/c1-10-5-4-8-12(10)9-11-6-2-3-7-11/h10-12H,2-9H2,1H3/t10-,12-/m1/s1. The molecule has 2 rings (SSSR count). The van der Waals surface area contributed by atoms with E-state index in [4.69, 9.17) is 0 Å². The van der Waals surface area contributed by atoms with Crippen molar-refractivity contribution < 1.29 is 0 Å². The SMILES string of the molecule is C[C@@H]1CCC[C@@H]1CC1CCCC1. The Bertz CT molecular complexity index is 133. The molecule has 2 saturated carbocycles. The fraction of sp³-hybridized carbons (Fsp3) is 1.00. The van der Waals surface area contributed by atoms with Crippen LogP contribution in [-0.4, -0.2) is 0 Å². The zero-order valence-corrected chi connectivity index (χ0v) is 8.39. The zero-order valence-electron chi connectivity index (χ0n) is 8.39. The van der Waals surface area contributed by atoms with E-state index >= 15 is 0 Å². The lowest BCUT2D eigenvalue weighted by Gasteiger charge is -2.19. The molecule has 2 aliphatic rings. The number of hydrogen-bond donors (Lipinski definition) is 0. The second-order valence-corrected chi connectivity index (χ2v) is 5.05. The van der Waals surface area contributed by atoms with E-state index in [9.17, 15) is 0 Å². The lowest BCUT2D eigenvalue weighted by molar-refractivity contribution is 0.320. The molecule has 0 aromatic rings. The van der Waals surface area contributed by atoms with Crippen molar-refractivity contribution in [1.29, 1.82) is 0 Å². The summed E-state index contributed by atoms with van der Waals surface area (Å²) in [6.07, 6.45) is 12.3. The van der Waals surface area contributed by atoms with E-state index in [-0.39, 0.29) is 0 Å². The van der Waals surface area contributed by atoms with E-state index in [1.165, 1.54) is 32.1 Å². The summed E-state index contributed by atoms with van der Waals surface area (Å²) in [6.45, 7) is 2.46. The highest BCUT2D eigenvalue weighted by Crippen LogP contribution is 2.39. The summed E-state index contributed by atoms with van der Waals surface area (Å²) < 4.78 is 0. The molecule has 2 aliphatic carbocycles. The number of hydrogen-bond acceptors (Lipinski definition) is 0. The van der Waals surface area contributed by atoms with Crippen molar-refractivity contribution in [2.75, 3.05) is 0 Å². The van der Waals surface area contributed by atoms with Gasteiger partial charge in [0, 0.05) is 0 Å². The summed E-state index contributed by atoms with van der Waals surface area (Å²) in [4.78, 5) is 0. The van der Waals surface area contributed by atoms with Crippen LogP contribution >= 0.6 is 0 Å². The van der Waals surface area contributed by atoms with Crippen molar-refractivity contribution in [2.24, 2.45) is 17.8 Å². The lowest BCUT2D eigenvalue weighted by Crippen LogP contribution is -2.08. The van der Waals surface area contributed by atoms with Gasteiger partial charge in [-0.25, -0.2) is 0 Å². The van der Waals surface area contributed by atoms with Crippen LogP contribution in [0.15, 0.2) is 0 Å². The topological polar surface area (TPSA) is 0 Å². The second kappa shape index (κ2) is 3.81. The summed E-state index contributed by atoms with van der Waals surface area (Å²) in [7, 11) is 0. The Morgan fingerprint density at radius 3 is 2.25 bits per heavy atom. The molecule has 0 amide bonds. The molecule has 0 heteroatoms. The first kappa shape index (κ1) is 8.59. The molecule has 0 bridgehead atoms. The third-order valence-corrected chi connectivity index (χ3v) is 4.15.